The van der Waals surface area contributed by atoms with Crippen molar-refractivity contribution < 1.29 is 58.2 Å². The van der Waals surface area contributed by atoms with E-state index in [4.69, 9.17) is 23.7 Å². The maximum Gasteiger partial charge on any atom is 0.335 e. The van der Waals surface area contributed by atoms with Gasteiger partial charge in [-0.25, -0.2) is 4.79 Å². The number of carboxylic acid groups (broad SMARTS) is 1. The second kappa shape index (κ2) is 54.0. The number of rotatable bonds is 51. The Balaban J connectivity index is 2.72. The first kappa shape index (κ1) is 72.4. The number of unbranched alkanes of at least 4 members (excludes halogenated alkanes) is 19. The molecule has 0 radical (unpaired) electrons. The fourth-order valence-corrected chi connectivity index (χ4v) is 8.70. The molecule has 1 fully saturated rings. The van der Waals surface area contributed by atoms with Gasteiger partial charge in [-0.1, -0.05) is 239 Å². The lowest BCUT2D eigenvalue weighted by molar-refractivity contribution is -0.301. The Morgan fingerprint density at radius 2 is 0.823 bits per heavy atom. The number of allylic oxidation sites excluding steroid dienone is 18. The van der Waals surface area contributed by atoms with Gasteiger partial charge in [0.25, 0.3) is 0 Å². The van der Waals surface area contributed by atoms with Crippen molar-refractivity contribution in [3.05, 3.63) is 109 Å². The largest absolute Gasteiger partial charge is 0.479 e. The number of esters is 3. The number of hydrogen-bond acceptors (Lipinski definition) is 11. The zero-order valence-electron chi connectivity index (χ0n) is 49.3. The maximum atomic E-state index is 13.2. The van der Waals surface area contributed by atoms with Gasteiger partial charge in [-0.05, 0) is 89.9 Å². The molecule has 3 N–H and O–H groups in total. The molecule has 79 heavy (non-hydrogen) atoms. The average molecular weight is 1110 g/mol. The van der Waals surface area contributed by atoms with E-state index in [0.717, 1.165) is 109 Å². The van der Waals surface area contributed by atoms with Gasteiger partial charge in [-0.3, -0.25) is 14.4 Å². The van der Waals surface area contributed by atoms with Crippen LogP contribution < -0.4 is 0 Å². The summed E-state index contributed by atoms with van der Waals surface area (Å²) in [5, 5.41) is 31.5. The minimum absolute atomic E-state index is 0.0693. The first-order valence-corrected chi connectivity index (χ1v) is 30.9. The van der Waals surface area contributed by atoms with Gasteiger partial charge in [0.1, 0.15) is 18.8 Å². The van der Waals surface area contributed by atoms with Gasteiger partial charge in [-0.15, -0.1) is 0 Å². The van der Waals surface area contributed by atoms with Crippen molar-refractivity contribution in [2.24, 2.45) is 0 Å². The molecule has 12 heteroatoms. The monoisotopic (exact) mass is 1100 g/mol. The SMILES string of the molecule is CC/C=C\C/C=C\C/C=C\C/C=C\C/C=C\C/C=C\CCC(=O)OC1C(OCC(COC(=O)CCCCCCCCC/C=C\C/C=C\C/C=C\CC)OC(=O)CCCCCCCCCCCCCCC)OC(C(=O)O)C(O)C1O. The summed E-state index contributed by atoms with van der Waals surface area (Å²) in [6.07, 6.45) is 60.6. The normalized spacial score (nSPS) is 18.6. The van der Waals surface area contributed by atoms with E-state index in [-0.39, 0.29) is 25.9 Å². The fraction of sp³-hybridized carbons (Fsp3) is 0.672. The minimum Gasteiger partial charge on any atom is -0.479 e. The van der Waals surface area contributed by atoms with E-state index >= 15 is 0 Å². The van der Waals surface area contributed by atoms with Crippen molar-refractivity contribution in [1.29, 1.82) is 0 Å². The average Bonchev–Trinajstić information content (AvgIpc) is 3.46. The fourth-order valence-electron chi connectivity index (χ4n) is 8.70. The van der Waals surface area contributed by atoms with Crippen LogP contribution in [-0.2, 0) is 42.9 Å². The van der Waals surface area contributed by atoms with Crippen LogP contribution in [0.4, 0.5) is 0 Å². The van der Waals surface area contributed by atoms with Crippen molar-refractivity contribution in [1.82, 2.24) is 0 Å². The van der Waals surface area contributed by atoms with Gasteiger partial charge in [0.15, 0.2) is 24.6 Å². The van der Waals surface area contributed by atoms with E-state index in [0.29, 0.717) is 25.7 Å². The van der Waals surface area contributed by atoms with Crippen molar-refractivity contribution in [3.63, 3.8) is 0 Å². The zero-order chi connectivity index (χ0) is 57.5. The number of aliphatic hydroxyl groups is 2. The summed E-state index contributed by atoms with van der Waals surface area (Å²) >= 11 is 0. The van der Waals surface area contributed by atoms with Gasteiger partial charge >= 0.3 is 23.9 Å². The topological polar surface area (TPSA) is 175 Å². The van der Waals surface area contributed by atoms with Crippen LogP contribution in [-0.4, -0.2) is 89.2 Å². The highest BCUT2D eigenvalue weighted by Crippen LogP contribution is 2.26. The van der Waals surface area contributed by atoms with Crippen LogP contribution in [0.2, 0.25) is 0 Å². The third-order valence-corrected chi connectivity index (χ3v) is 13.4. The van der Waals surface area contributed by atoms with Crippen LogP contribution in [0.5, 0.6) is 0 Å². The highest BCUT2D eigenvalue weighted by molar-refractivity contribution is 5.74. The molecule has 6 atom stereocenters. The second-order valence-electron chi connectivity index (χ2n) is 20.6. The molecule has 0 amide bonds. The van der Waals surface area contributed by atoms with Crippen molar-refractivity contribution in [3.8, 4) is 0 Å². The highest BCUT2D eigenvalue weighted by Gasteiger charge is 2.50. The molecule has 0 aromatic rings. The molecular formula is C67H108O12. The molecular weight excluding hydrogens is 997 g/mol. The summed E-state index contributed by atoms with van der Waals surface area (Å²) in [6, 6.07) is 0. The summed E-state index contributed by atoms with van der Waals surface area (Å²) in [5.74, 6) is -3.24. The minimum atomic E-state index is -1.93. The van der Waals surface area contributed by atoms with E-state index < -0.39 is 67.3 Å². The maximum absolute atomic E-state index is 13.2. The van der Waals surface area contributed by atoms with E-state index in [1.54, 1.807) is 0 Å². The number of aliphatic carboxylic acids is 1. The predicted molar refractivity (Wildman–Crippen MR) is 321 cm³/mol. The molecule has 1 aliphatic heterocycles. The Labute approximate surface area is 478 Å². The van der Waals surface area contributed by atoms with Crippen molar-refractivity contribution >= 4 is 23.9 Å². The Morgan fingerprint density at radius 3 is 1.27 bits per heavy atom. The van der Waals surface area contributed by atoms with Crippen LogP contribution in [0.25, 0.3) is 0 Å². The van der Waals surface area contributed by atoms with Crippen LogP contribution in [0.3, 0.4) is 0 Å². The molecule has 0 bridgehead atoms. The number of carbonyl (C=O) groups is 4. The summed E-state index contributed by atoms with van der Waals surface area (Å²) < 4.78 is 28.4. The number of carboxylic acids is 1. The number of hydrogen-bond donors (Lipinski definition) is 3. The van der Waals surface area contributed by atoms with Gasteiger partial charge in [0.05, 0.1) is 6.61 Å². The summed E-state index contributed by atoms with van der Waals surface area (Å²) in [6.45, 7) is 5.73. The molecule has 0 aliphatic carbocycles. The Kier molecular flexibility index (Phi) is 49.5. The van der Waals surface area contributed by atoms with Crippen LogP contribution in [0, 0.1) is 0 Å². The van der Waals surface area contributed by atoms with Crippen molar-refractivity contribution in [2.75, 3.05) is 13.2 Å². The van der Waals surface area contributed by atoms with Crippen molar-refractivity contribution in [2.45, 2.75) is 276 Å². The molecule has 12 nitrogen and oxygen atoms in total. The lowest BCUT2D eigenvalue weighted by Gasteiger charge is -2.40. The summed E-state index contributed by atoms with van der Waals surface area (Å²) in [7, 11) is 0. The van der Waals surface area contributed by atoms with E-state index in [9.17, 15) is 34.5 Å². The Hall–Kier alpha value is -4.62. The molecule has 1 rings (SSSR count). The molecule has 0 saturated carbocycles. The van der Waals surface area contributed by atoms with E-state index in [1.165, 1.54) is 64.2 Å². The van der Waals surface area contributed by atoms with Crippen LogP contribution in [0.1, 0.15) is 239 Å². The number of carbonyl (C=O) groups excluding carboxylic acids is 3. The predicted octanol–water partition coefficient (Wildman–Crippen LogP) is 16.2. The molecule has 448 valence electrons. The second-order valence-corrected chi connectivity index (χ2v) is 20.6. The quantitative estimate of drug-likeness (QED) is 0.0228. The summed E-state index contributed by atoms with van der Waals surface area (Å²) in [4.78, 5) is 51.2. The van der Waals surface area contributed by atoms with Crippen LogP contribution >= 0.6 is 0 Å². The van der Waals surface area contributed by atoms with Gasteiger partial charge < -0.3 is 39.0 Å². The van der Waals surface area contributed by atoms with Gasteiger partial charge in [-0.2, -0.15) is 0 Å². The lowest BCUT2D eigenvalue weighted by atomic mass is 9.98. The van der Waals surface area contributed by atoms with E-state index in [2.05, 4.69) is 112 Å². The molecule has 0 aromatic heterocycles. The first-order valence-electron chi connectivity index (χ1n) is 30.9. The number of aliphatic hydroxyl groups excluding tert-OH is 2. The van der Waals surface area contributed by atoms with Crippen LogP contribution in [0.15, 0.2) is 109 Å². The molecule has 0 spiro atoms. The standard InChI is InChI=1S/C67H108O12/c1-4-7-10-13-16-19-22-25-27-29-30-32-34-37-40-43-46-49-52-55-61(70)78-65-63(72)62(71)64(66(73)74)79-67(65)76-57-58(77-60(69)54-51-48-45-42-39-35-24-21-18-15-12-9-6-3)56-75-59(68)53-50-47-44-41-38-36-33-31-28-26-23-20-17-14-11-8-5-2/h7-8,10-11,16-17,19-20,25-28,30,32,37,40,46,49,58,62-65,67,71-72H,4-6,9,12-15,18,21-24,29,31,33-36,38-39,41-45,47-48,50-57H2,1-3H3,(H,73,74)/b10-7-,11-8-,19-16-,20-17-,27-25-,28-26-,32-30-,40-37-,49-46-. The van der Waals surface area contributed by atoms with E-state index in [1.807, 2.05) is 18.2 Å². The lowest BCUT2D eigenvalue weighted by Crippen LogP contribution is -2.61. The van der Waals surface area contributed by atoms with Gasteiger partial charge in [0, 0.05) is 19.3 Å². The third kappa shape index (κ3) is 43.8. The Morgan fingerprint density at radius 1 is 0.430 bits per heavy atom. The molecule has 1 aliphatic rings. The zero-order valence-corrected chi connectivity index (χ0v) is 49.3. The molecule has 1 saturated heterocycles. The smallest absolute Gasteiger partial charge is 0.335 e. The molecule has 1 heterocycles. The number of ether oxygens (including phenoxy) is 5. The van der Waals surface area contributed by atoms with Gasteiger partial charge in [0.2, 0.25) is 0 Å². The molecule has 0 aromatic carbocycles. The Bertz CT molecular complexity index is 1790. The third-order valence-electron chi connectivity index (χ3n) is 13.4. The highest BCUT2D eigenvalue weighted by atomic mass is 16.7. The summed E-state index contributed by atoms with van der Waals surface area (Å²) in [5.41, 5.74) is 0. The first-order chi connectivity index (χ1) is 38.6. The molecule has 6 unspecified atom stereocenters.